The van der Waals surface area contributed by atoms with Crippen LogP contribution in [-0.2, 0) is 9.47 Å². The lowest BCUT2D eigenvalue weighted by molar-refractivity contribution is -0.124. The van der Waals surface area contributed by atoms with E-state index >= 15 is 0 Å². The van der Waals surface area contributed by atoms with E-state index in [9.17, 15) is 0 Å². The van der Waals surface area contributed by atoms with Crippen LogP contribution >= 0.6 is 0 Å². The molecule has 0 aliphatic carbocycles. The lowest BCUT2D eigenvalue weighted by Gasteiger charge is -2.26. The topological polar surface area (TPSA) is 52.6 Å². The van der Waals surface area contributed by atoms with E-state index in [1.54, 1.807) is 20.4 Å². The molecule has 0 saturated heterocycles. The Morgan fingerprint density at radius 3 is 2.45 bits per heavy atom. The van der Waals surface area contributed by atoms with Gasteiger partial charge in [0.05, 0.1) is 18.3 Å². The van der Waals surface area contributed by atoms with Crippen molar-refractivity contribution in [2.75, 3.05) is 20.8 Å². The van der Waals surface area contributed by atoms with Crippen LogP contribution in [0.5, 0.6) is 5.75 Å². The Morgan fingerprint density at radius 2 is 1.90 bits per heavy atom. The van der Waals surface area contributed by atoms with Gasteiger partial charge in [0, 0.05) is 20.4 Å². The Morgan fingerprint density at radius 1 is 1.20 bits per heavy atom. The molecule has 1 heterocycles. The number of methoxy groups -OCH3 is 2. The van der Waals surface area contributed by atoms with Gasteiger partial charge in [-0.25, -0.2) is 0 Å². The van der Waals surface area contributed by atoms with Crippen LogP contribution in [0.25, 0.3) is 0 Å². The second kappa shape index (κ2) is 8.89. The van der Waals surface area contributed by atoms with Crippen molar-refractivity contribution in [1.29, 1.82) is 0 Å². The van der Waals surface area contributed by atoms with Crippen molar-refractivity contribution < 1.29 is 14.2 Å². The van der Waals surface area contributed by atoms with Gasteiger partial charge in [0.2, 0.25) is 0 Å². The van der Waals surface area contributed by atoms with E-state index in [1.165, 1.54) is 0 Å². The zero-order valence-electron chi connectivity index (χ0n) is 13.1. The summed E-state index contributed by atoms with van der Waals surface area (Å²) >= 11 is 0. The minimum atomic E-state index is -0.363. The van der Waals surface area contributed by atoms with Crippen molar-refractivity contribution >= 4 is 0 Å². The zero-order chi connectivity index (χ0) is 15.0. The van der Waals surface area contributed by atoms with Crippen molar-refractivity contribution in [3.05, 3.63) is 24.0 Å². The Balaban J connectivity index is 2.93. The van der Waals surface area contributed by atoms with Gasteiger partial charge in [-0.2, -0.15) is 0 Å². The maximum Gasteiger partial charge on any atom is 0.176 e. The molecule has 0 bridgehead atoms. The largest absolute Gasteiger partial charge is 0.489 e. The standard InChI is InChI=1S/C15H26N2O3/c1-6-7-17-14(15(18-4)19-5)12-8-13(10-16-9-12)20-11(2)3/h8-11,14-15,17H,6-7H2,1-5H3. The first-order chi connectivity index (χ1) is 9.62. The maximum atomic E-state index is 5.68. The van der Waals surface area contributed by atoms with E-state index in [-0.39, 0.29) is 18.4 Å². The summed E-state index contributed by atoms with van der Waals surface area (Å²) in [6, 6.07) is 1.90. The first kappa shape index (κ1) is 16.9. The van der Waals surface area contributed by atoms with Crippen LogP contribution in [0.15, 0.2) is 18.5 Å². The quantitative estimate of drug-likeness (QED) is 0.705. The van der Waals surface area contributed by atoms with Gasteiger partial charge in [0.25, 0.3) is 0 Å². The van der Waals surface area contributed by atoms with E-state index in [1.807, 2.05) is 26.1 Å². The highest BCUT2D eigenvalue weighted by molar-refractivity contribution is 5.26. The van der Waals surface area contributed by atoms with Gasteiger partial charge in [0.15, 0.2) is 6.29 Å². The summed E-state index contributed by atoms with van der Waals surface area (Å²) in [5.41, 5.74) is 0.991. The van der Waals surface area contributed by atoms with E-state index in [4.69, 9.17) is 14.2 Å². The molecule has 0 aliphatic heterocycles. The van der Waals surface area contributed by atoms with Crippen LogP contribution in [0, 0.1) is 0 Å². The highest BCUT2D eigenvalue weighted by Crippen LogP contribution is 2.23. The van der Waals surface area contributed by atoms with Crippen molar-refractivity contribution in [3.63, 3.8) is 0 Å². The van der Waals surface area contributed by atoms with E-state index in [0.29, 0.717) is 0 Å². The molecule has 0 spiro atoms. The molecule has 114 valence electrons. The van der Waals surface area contributed by atoms with Gasteiger partial charge in [-0.3, -0.25) is 4.98 Å². The van der Waals surface area contributed by atoms with E-state index in [2.05, 4.69) is 17.2 Å². The second-order valence-corrected chi connectivity index (χ2v) is 4.89. The van der Waals surface area contributed by atoms with Gasteiger partial charge in [-0.1, -0.05) is 6.92 Å². The summed E-state index contributed by atoms with van der Waals surface area (Å²) in [7, 11) is 3.27. The molecule has 1 N–H and O–H groups in total. The highest BCUT2D eigenvalue weighted by atomic mass is 16.7. The molecule has 0 radical (unpaired) electrons. The fraction of sp³-hybridized carbons (Fsp3) is 0.667. The minimum Gasteiger partial charge on any atom is -0.489 e. The number of pyridine rings is 1. The predicted octanol–water partition coefficient (Wildman–Crippen LogP) is 2.53. The lowest BCUT2D eigenvalue weighted by atomic mass is 10.1. The first-order valence-electron chi connectivity index (χ1n) is 7.02. The molecule has 0 aliphatic rings. The Labute approximate surface area is 121 Å². The van der Waals surface area contributed by atoms with Gasteiger partial charge < -0.3 is 19.5 Å². The molecule has 1 atom stereocenters. The maximum absolute atomic E-state index is 5.68. The molecule has 5 heteroatoms. The lowest BCUT2D eigenvalue weighted by Crippen LogP contribution is -2.35. The number of nitrogens with zero attached hydrogens (tertiary/aromatic N) is 1. The molecular formula is C15H26N2O3. The zero-order valence-corrected chi connectivity index (χ0v) is 13.1. The summed E-state index contributed by atoms with van der Waals surface area (Å²) in [5, 5.41) is 3.42. The van der Waals surface area contributed by atoms with Crippen LogP contribution in [0.3, 0.4) is 0 Å². The molecule has 1 rings (SSSR count). The van der Waals surface area contributed by atoms with Gasteiger partial charge in [-0.15, -0.1) is 0 Å². The smallest absolute Gasteiger partial charge is 0.176 e. The Hall–Kier alpha value is -1.17. The molecule has 1 aromatic rings. The number of rotatable bonds is 9. The second-order valence-electron chi connectivity index (χ2n) is 4.89. The molecule has 0 saturated carbocycles. The third kappa shape index (κ3) is 5.07. The average molecular weight is 282 g/mol. The third-order valence-electron chi connectivity index (χ3n) is 2.82. The summed E-state index contributed by atoms with van der Waals surface area (Å²) in [6.07, 6.45) is 4.32. The van der Waals surface area contributed by atoms with Crippen molar-refractivity contribution in [3.8, 4) is 5.75 Å². The summed E-state index contributed by atoms with van der Waals surface area (Å²) in [4.78, 5) is 4.24. The molecule has 1 aromatic heterocycles. The van der Waals surface area contributed by atoms with Crippen LogP contribution in [-0.4, -0.2) is 38.1 Å². The van der Waals surface area contributed by atoms with Gasteiger partial charge in [-0.05, 0) is 38.4 Å². The third-order valence-corrected chi connectivity index (χ3v) is 2.82. The van der Waals surface area contributed by atoms with E-state index in [0.717, 1.165) is 24.3 Å². The number of nitrogens with one attached hydrogen (secondary N) is 1. The number of hydrogen-bond acceptors (Lipinski definition) is 5. The summed E-state index contributed by atoms with van der Waals surface area (Å²) in [6.45, 7) is 6.98. The van der Waals surface area contributed by atoms with Crippen molar-refractivity contribution in [2.24, 2.45) is 0 Å². The number of aromatic nitrogens is 1. The van der Waals surface area contributed by atoms with Crippen molar-refractivity contribution in [1.82, 2.24) is 10.3 Å². The Bertz CT molecular complexity index is 381. The van der Waals surface area contributed by atoms with Crippen LogP contribution in [0.2, 0.25) is 0 Å². The molecule has 5 nitrogen and oxygen atoms in total. The summed E-state index contributed by atoms with van der Waals surface area (Å²) < 4.78 is 16.4. The fourth-order valence-electron chi connectivity index (χ4n) is 1.98. The molecule has 1 unspecified atom stereocenters. The van der Waals surface area contributed by atoms with Gasteiger partial charge in [0.1, 0.15) is 5.75 Å². The van der Waals surface area contributed by atoms with Crippen LogP contribution < -0.4 is 10.1 Å². The van der Waals surface area contributed by atoms with E-state index < -0.39 is 0 Å². The minimum absolute atomic E-state index is 0.0758. The Kier molecular flexibility index (Phi) is 7.51. The molecular weight excluding hydrogens is 256 g/mol. The number of ether oxygens (including phenoxy) is 3. The van der Waals surface area contributed by atoms with Crippen molar-refractivity contribution in [2.45, 2.75) is 45.6 Å². The SMILES string of the molecule is CCCNC(c1cncc(OC(C)C)c1)C(OC)OC. The molecule has 20 heavy (non-hydrogen) atoms. The predicted molar refractivity (Wildman–Crippen MR) is 78.8 cm³/mol. The number of hydrogen-bond donors (Lipinski definition) is 1. The first-order valence-corrected chi connectivity index (χ1v) is 7.02. The summed E-state index contributed by atoms with van der Waals surface area (Å²) in [5.74, 6) is 0.756. The average Bonchev–Trinajstić information content (AvgIpc) is 2.43. The molecule has 0 amide bonds. The monoisotopic (exact) mass is 282 g/mol. The van der Waals surface area contributed by atoms with Crippen LogP contribution in [0.4, 0.5) is 0 Å². The molecule has 0 aromatic carbocycles. The normalized spacial score (nSPS) is 12.9. The van der Waals surface area contributed by atoms with Gasteiger partial charge >= 0.3 is 0 Å². The van der Waals surface area contributed by atoms with Crippen LogP contribution in [0.1, 0.15) is 38.8 Å². The fourth-order valence-corrected chi connectivity index (χ4v) is 1.98. The molecule has 0 fully saturated rings. The highest BCUT2D eigenvalue weighted by Gasteiger charge is 2.23.